The molecule has 1 amide bonds. The van der Waals surface area contributed by atoms with E-state index in [1.54, 1.807) is 19.9 Å². The largest absolute Gasteiger partial charge is 0.461 e. The lowest BCUT2D eigenvalue weighted by molar-refractivity contribution is -0.148. The Morgan fingerprint density at radius 1 is 1.45 bits per heavy atom. The van der Waals surface area contributed by atoms with E-state index in [1.807, 2.05) is 0 Å². The fourth-order valence-corrected chi connectivity index (χ4v) is 1.49. The summed E-state index contributed by atoms with van der Waals surface area (Å²) in [6, 6.07) is 4.54. The van der Waals surface area contributed by atoms with E-state index in [-0.39, 0.29) is 30.7 Å². The Bertz CT molecular complexity index is 563. The monoisotopic (exact) mass is 277 g/mol. The van der Waals surface area contributed by atoms with E-state index in [2.05, 4.69) is 10.0 Å². The molecule has 0 aliphatic carbocycles. The molecule has 0 unspecified atom stereocenters. The Morgan fingerprint density at radius 2 is 2.15 bits per heavy atom. The maximum Gasteiger partial charge on any atom is 0.308 e. The number of aliphatic hydroxyl groups is 1. The third kappa shape index (κ3) is 4.08. The van der Waals surface area contributed by atoms with E-state index >= 15 is 0 Å². The van der Waals surface area contributed by atoms with Crippen LogP contribution in [0.1, 0.15) is 35.3 Å². The number of hydrogen-bond donors (Lipinski definition) is 1. The number of hydrogen-bond acceptors (Lipinski definition) is 4. The summed E-state index contributed by atoms with van der Waals surface area (Å²) in [7, 11) is 0. The van der Waals surface area contributed by atoms with Crippen molar-refractivity contribution in [2.45, 2.75) is 27.1 Å². The lowest BCUT2D eigenvalue weighted by atomic mass is 10.0. The standard InChI is InChI=1S/C13H15N3O4/c1-8(2)13(19)20-7-9-3-4-11(10(5-9)6-17)12(18)15-16-14/h3-5,8,17H,6-7H2,1-2H3. The molecule has 7 nitrogen and oxygen atoms in total. The van der Waals surface area contributed by atoms with Gasteiger partial charge in [0.15, 0.2) is 0 Å². The zero-order chi connectivity index (χ0) is 15.1. The van der Waals surface area contributed by atoms with Crippen LogP contribution in [0, 0.1) is 5.92 Å². The number of amides is 1. The number of rotatable bonds is 5. The van der Waals surface area contributed by atoms with Gasteiger partial charge in [0, 0.05) is 10.5 Å². The molecule has 20 heavy (non-hydrogen) atoms. The fourth-order valence-electron chi connectivity index (χ4n) is 1.49. The maximum absolute atomic E-state index is 11.5. The number of azide groups is 1. The van der Waals surface area contributed by atoms with Crippen LogP contribution in [0.5, 0.6) is 0 Å². The van der Waals surface area contributed by atoms with Crippen molar-refractivity contribution in [2.75, 3.05) is 0 Å². The van der Waals surface area contributed by atoms with Crippen molar-refractivity contribution in [1.82, 2.24) is 0 Å². The number of carbonyl (C=O) groups is 2. The molecule has 0 atom stereocenters. The molecule has 1 N–H and O–H groups in total. The predicted molar refractivity (Wildman–Crippen MR) is 70.5 cm³/mol. The first-order chi connectivity index (χ1) is 9.49. The van der Waals surface area contributed by atoms with Gasteiger partial charge in [0.2, 0.25) is 5.91 Å². The van der Waals surface area contributed by atoms with E-state index in [9.17, 15) is 14.7 Å². The van der Waals surface area contributed by atoms with Crippen molar-refractivity contribution in [3.05, 3.63) is 45.3 Å². The van der Waals surface area contributed by atoms with Gasteiger partial charge in [0.25, 0.3) is 0 Å². The number of esters is 1. The fraction of sp³-hybridized carbons (Fsp3) is 0.385. The third-order valence-electron chi connectivity index (χ3n) is 2.56. The summed E-state index contributed by atoms with van der Waals surface area (Å²) < 4.78 is 5.05. The molecule has 106 valence electrons. The van der Waals surface area contributed by atoms with E-state index < -0.39 is 5.91 Å². The molecule has 0 aliphatic heterocycles. The first kappa shape index (κ1) is 15.7. The summed E-state index contributed by atoms with van der Waals surface area (Å²) in [4.78, 5) is 25.2. The minimum Gasteiger partial charge on any atom is -0.461 e. The van der Waals surface area contributed by atoms with E-state index in [1.165, 1.54) is 12.1 Å². The first-order valence-corrected chi connectivity index (χ1v) is 5.98. The average Bonchev–Trinajstić information content (AvgIpc) is 2.44. The minimum absolute atomic E-state index is 0.0556. The second-order valence-corrected chi connectivity index (χ2v) is 4.41. The summed E-state index contributed by atoms with van der Waals surface area (Å²) in [5.41, 5.74) is 9.32. The van der Waals surface area contributed by atoms with Crippen LogP contribution < -0.4 is 0 Å². The van der Waals surface area contributed by atoms with Gasteiger partial charge in [-0.15, -0.1) is 0 Å². The average molecular weight is 277 g/mol. The molecule has 0 saturated heterocycles. The predicted octanol–water partition coefficient (Wildman–Crippen LogP) is 2.33. The third-order valence-corrected chi connectivity index (χ3v) is 2.56. The topological polar surface area (TPSA) is 112 Å². The highest BCUT2D eigenvalue weighted by molar-refractivity contribution is 5.96. The highest BCUT2D eigenvalue weighted by Crippen LogP contribution is 2.15. The van der Waals surface area contributed by atoms with Gasteiger partial charge < -0.3 is 9.84 Å². The summed E-state index contributed by atoms with van der Waals surface area (Å²) in [5, 5.41) is 12.2. The van der Waals surface area contributed by atoms with Crippen molar-refractivity contribution in [3.63, 3.8) is 0 Å². The van der Waals surface area contributed by atoms with Gasteiger partial charge in [-0.3, -0.25) is 9.59 Å². The molecule has 0 bridgehead atoms. The molecule has 0 heterocycles. The number of carbonyl (C=O) groups excluding carboxylic acids is 2. The van der Waals surface area contributed by atoms with Gasteiger partial charge in [-0.2, -0.15) is 0 Å². The molecule has 1 aromatic rings. The molecule has 7 heteroatoms. The van der Waals surface area contributed by atoms with Crippen molar-refractivity contribution in [1.29, 1.82) is 0 Å². The van der Waals surface area contributed by atoms with Crippen molar-refractivity contribution >= 4 is 11.9 Å². The minimum atomic E-state index is -0.762. The number of ether oxygens (including phenoxy) is 1. The zero-order valence-electron chi connectivity index (χ0n) is 11.2. The summed E-state index contributed by atoms with van der Waals surface area (Å²) in [6.07, 6.45) is 0. The van der Waals surface area contributed by atoms with E-state index in [0.717, 1.165) is 0 Å². The molecule has 0 saturated carbocycles. The number of benzene rings is 1. The van der Waals surface area contributed by atoms with Crippen molar-refractivity contribution < 1.29 is 19.4 Å². The molecular formula is C13H15N3O4. The van der Waals surface area contributed by atoms with E-state index in [4.69, 9.17) is 10.3 Å². The molecule has 1 aromatic carbocycles. The molecular weight excluding hydrogens is 262 g/mol. The van der Waals surface area contributed by atoms with Crippen LogP contribution in [0.25, 0.3) is 10.4 Å². The van der Waals surface area contributed by atoms with Gasteiger partial charge in [-0.25, -0.2) is 0 Å². The molecule has 0 spiro atoms. The lowest BCUT2D eigenvalue weighted by Crippen LogP contribution is -2.11. The summed E-state index contributed by atoms with van der Waals surface area (Å²) >= 11 is 0. The Balaban J connectivity index is 2.90. The van der Waals surface area contributed by atoms with Crippen LogP contribution >= 0.6 is 0 Å². The van der Waals surface area contributed by atoms with Crippen LogP contribution in [0.15, 0.2) is 23.3 Å². The van der Waals surface area contributed by atoms with Gasteiger partial charge >= 0.3 is 5.97 Å². The quantitative estimate of drug-likeness (QED) is 0.385. The normalized spacial score (nSPS) is 10.0. The van der Waals surface area contributed by atoms with Gasteiger partial charge in [0.1, 0.15) is 6.61 Å². The molecule has 1 rings (SSSR count). The van der Waals surface area contributed by atoms with Crippen molar-refractivity contribution in [3.8, 4) is 0 Å². The van der Waals surface area contributed by atoms with Crippen LogP contribution in [-0.4, -0.2) is 17.0 Å². The number of aliphatic hydroxyl groups excluding tert-OH is 1. The van der Waals surface area contributed by atoms with Crippen molar-refractivity contribution in [2.24, 2.45) is 11.0 Å². The maximum atomic E-state index is 11.5. The Morgan fingerprint density at radius 3 is 2.70 bits per heavy atom. The zero-order valence-corrected chi connectivity index (χ0v) is 11.2. The lowest BCUT2D eigenvalue weighted by Gasteiger charge is -2.09. The Kier molecular flexibility index (Phi) is 5.71. The second kappa shape index (κ2) is 7.28. The Labute approximate surface area is 115 Å². The van der Waals surface area contributed by atoms with Crippen LogP contribution in [-0.2, 0) is 22.7 Å². The highest BCUT2D eigenvalue weighted by Gasteiger charge is 2.12. The van der Waals surface area contributed by atoms with Crippen LogP contribution in [0.2, 0.25) is 0 Å². The van der Waals surface area contributed by atoms with Crippen LogP contribution in [0.4, 0.5) is 0 Å². The Hall–Kier alpha value is -2.37. The summed E-state index contributed by atoms with van der Waals surface area (Å²) in [5.74, 6) is -1.31. The van der Waals surface area contributed by atoms with Gasteiger partial charge in [-0.05, 0) is 27.8 Å². The number of nitrogens with zero attached hydrogens (tertiary/aromatic N) is 3. The van der Waals surface area contributed by atoms with Gasteiger partial charge in [0.05, 0.1) is 12.5 Å². The highest BCUT2D eigenvalue weighted by atomic mass is 16.5. The van der Waals surface area contributed by atoms with Gasteiger partial charge in [-0.1, -0.05) is 26.0 Å². The summed E-state index contributed by atoms with van der Waals surface area (Å²) in [6.45, 7) is 3.13. The molecule has 0 radical (unpaired) electrons. The molecule has 0 aliphatic rings. The SMILES string of the molecule is CC(C)C(=O)OCc1ccc(C(=O)N=[N+]=[N-])c(CO)c1. The van der Waals surface area contributed by atoms with E-state index in [0.29, 0.717) is 11.1 Å². The molecule has 0 fully saturated rings. The first-order valence-electron chi connectivity index (χ1n) is 5.98. The second-order valence-electron chi connectivity index (χ2n) is 4.41. The molecule has 0 aromatic heterocycles. The van der Waals surface area contributed by atoms with Crippen LogP contribution in [0.3, 0.4) is 0 Å². The smallest absolute Gasteiger partial charge is 0.308 e.